The van der Waals surface area contributed by atoms with Crippen LogP contribution in [0.25, 0.3) is 0 Å². The lowest BCUT2D eigenvalue weighted by Gasteiger charge is -2.09. The van der Waals surface area contributed by atoms with Gasteiger partial charge in [-0.25, -0.2) is 0 Å². The predicted molar refractivity (Wildman–Crippen MR) is 87.7 cm³/mol. The Morgan fingerprint density at radius 2 is 1.59 bits per heavy atom. The van der Waals surface area contributed by atoms with Crippen LogP contribution in [0.15, 0.2) is 42.5 Å². The van der Waals surface area contributed by atoms with Crippen molar-refractivity contribution in [3.63, 3.8) is 0 Å². The molecule has 4 nitrogen and oxygen atoms in total. The number of anilines is 1. The van der Waals surface area contributed by atoms with E-state index in [0.29, 0.717) is 13.0 Å². The Morgan fingerprint density at radius 1 is 1.00 bits per heavy atom. The molecule has 2 aromatic carbocycles. The van der Waals surface area contributed by atoms with Gasteiger partial charge in [-0.2, -0.15) is 0 Å². The van der Waals surface area contributed by atoms with Crippen molar-refractivity contribution < 1.29 is 14.3 Å². The molecule has 0 heterocycles. The molecule has 2 rings (SSSR count). The molecule has 0 aromatic heterocycles. The van der Waals surface area contributed by atoms with E-state index in [2.05, 4.69) is 11.4 Å². The summed E-state index contributed by atoms with van der Waals surface area (Å²) in [6.07, 6.45) is 0.305. The first-order valence-corrected chi connectivity index (χ1v) is 7.22. The molecule has 0 spiro atoms. The van der Waals surface area contributed by atoms with E-state index in [-0.39, 0.29) is 5.91 Å². The van der Waals surface area contributed by atoms with Gasteiger partial charge in [0.25, 0.3) is 0 Å². The van der Waals surface area contributed by atoms with E-state index in [4.69, 9.17) is 9.47 Å². The average Bonchev–Trinajstić information content (AvgIpc) is 2.47. The third kappa shape index (κ3) is 4.81. The van der Waals surface area contributed by atoms with Crippen LogP contribution in [0.2, 0.25) is 0 Å². The largest absolute Gasteiger partial charge is 0.497 e. The van der Waals surface area contributed by atoms with Crippen molar-refractivity contribution in [1.29, 1.82) is 0 Å². The van der Waals surface area contributed by atoms with Crippen molar-refractivity contribution in [1.82, 2.24) is 0 Å². The number of amides is 1. The van der Waals surface area contributed by atoms with Crippen LogP contribution >= 0.6 is 0 Å². The Balaban J connectivity index is 1.79. The van der Waals surface area contributed by atoms with Crippen molar-refractivity contribution in [3.8, 4) is 11.5 Å². The zero-order valence-electron chi connectivity index (χ0n) is 13.2. The fourth-order valence-corrected chi connectivity index (χ4v) is 2.20. The molecule has 0 atom stereocenters. The van der Waals surface area contributed by atoms with Gasteiger partial charge in [0, 0.05) is 5.69 Å². The average molecular weight is 299 g/mol. The molecule has 1 amide bonds. The third-order valence-corrected chi connectivity index (χ3v) is 3.16. The summed E-state index contributed by atoms with van der Waals surface area (Å²) in [4.78, 5) is 11.9. The first-order chi connectivity index (χ1) is 10.6. The molecule has 0 aliphatic carbocycles. The highest BCUT2D eigenvalue weighted by Gasteiger charge is 2.04. The molecular weight excluding hydrogens is 278 g/mol. The molecule has 0 saturated carbocycles. The summed E-state index contributed by atoms with van der Waals surface area (Å²) in [6.45, 7) is 4.36. The van der Waals surface area contributed by atoms with Crippen molar-refractivity contribution in [2.24, 2.45) is 0 Å². The van der Waals surface area contributed by atoms with Gasteiger partial charge >= 0.3 is 0 Å². The Morgan fingerprint density at radius 3 is 2.18 bits per heavy atom. The maximum absolute atomic E-state index is 11.9. The van der Waals surface area contributed by atoms with Crippen LogP contribution in [-0.2, 0) is 4.79 Å². The van der Waals surface area contributed by atoms with Gasteiger partial charge in [0.2, 0.25) is 5.91 Å². The van der Waals surface area contributed by atoms with Crippen LogP contribution < -0.4 is 14.8 Å². The molecule has 0 unspecified atom stereocenters. The third-order valence-electron chi connectivity index (χ3n) is 3.16. The molecule has 22 heavy (non-hydrogen) atoms. The molecule has 0 fully saturated rings. The normalized spacial score (nSPS) is 10.1. The summed E-state index contributed by atoms with van der Waals surface area (Å²) in [5.74, 6) is 1.44. The number of rotatable bonds is 6. The summed E-state index contributed by atoms with van der Waals surface area (Å²) in [5, 5.41) is 2.89. The van der Waals surface area contributed by atoms with Gasteiger partial charge in [-0.05, 0) is 61.4 Å². The fraction of sp³-hybridized carbons (Fsp3) is 0.278. The lowest BCUT2D eigenvalue weighted by molar-refractivity contribution is -0.116. The number of carbonyl (C=O) groups excluding carboxylic acids is 1. The molecule has 0 aliphatic rings. The van der Waals surface area contributed by atoms with Crippen LogP contribution in [0.1, 0.15) is 17.5 Å². The van der Waals surface area contributed by atoms with Gasteiger partial charge in [0.05, 0.1) is 20.1 Å². The Labute approximate surface area is 131 Å². The maximum atomic E-state index is 11.9. The van der Waals surface area contributed by atoms with Crippen LogP contribution in [0, 0.1) is 13.8 Å². The molecule has 0 bridgehead atoms. The van der Waals surface area contributed by atoms with E-state index in [1.165, 1.54) is 0 Å². The molecule has 0 aliphatic heterocycles. The van der Waals surface area contributed by atoms with Crippen molar-refractivity contribution in [2.45, 2.75) is 20.3 Å². The number of ether oxygens (including phenoxy) is 2. The van der Waals surface area contributed by atoms with Crippen LogP contribution in [0.3, 0.4) is 0 Å². The van der Waals surface area contributed by atoms with E-state index in [9.17, 15) is 4.79 Å². The van der Waals surface area contributed by atoms with Gasteiger partial charge in [0.1, 0.15) is 11.5 Å². The summed E-state index contributed by atoms with van der Waals surface area (Å²) < 4.78 is 10.6. The number of hydrogen-bond donors (Lipinski definition) is 1. The lowest BCUT2D eigenvalue weighted by Crippen LogP contribution is -2.15. The highest BCUT2D eigenvalue weighted by Crippen LogP contribution is 2.17. The van der Waals surface area contributed by atoms with Crippen molar-refractivity contribution >= 4 is 11.6 Å². The van der Waals surface area contributed by atoms with Gasteiger partial charge in [0.15, 0.2) is 0 Å². The smallest absolute Gasteiger partial charge is 0.227 e. The van der Waals surface area contributed by atoms with Crippen LogP contribution in [-0.4, -0.2) is 19.6 Å². The highest BCUT2D eigenvalue weighted by atomic mass is 16.5. The van der Waals surface area contributed by atoms with Crippen molar-refractivity contribution in [2.75, 3.05) is 19.0 Å². The topological polar surface area (TPSA) is 47.6 Å². The zero-order valence-corrected chi connectivity index (χ0v) is 13.2. The number of nitrogens with one attached hydrogen (secondary N) is 1. The summed E-state index contributed by atoms with van der Waals surface area (Å²) in [5.41, 5.74) is 3.08. The first kappa shape index (κ1) is 15.9. The fourth-order valence-electron chi connectivity index (χ4n) is 2.20. The summed E-state index contributed by atoms with van der Waals surface area (Å²) in [7, 11) is 1.62. The second kappa shape index (κ2) is 7.50. The van der Waals surface area contributed by atoms with E-state index in [1.807, 2.05) is 50.2 Å². The van der Waals surface area contributed by atoms with Gasteiger partial charge in [-0.3, -0.25) is 4.79 Å². The highest BCUT2D eigenvalue weighted by molar-refractivity contribution is 5.90. The number of benzene rings is 2. The maximum Gasteiger partial charge on any atom is 0.227 e. The van der Waals surface area contributed by atoms with E-state index in [1.54, 1.807) is 7.11 Å². The number of methoxy groups -OCH3 is 1. The zero-order chi connectivity index (χ0) is 15.9. The summed E-state index contributed by atoms with van der Waals surface area (Å²) >= 11 is 0. The number of aryl methyl sites for hydroxylation is 2. The number of hydrogen-bond acceptors (Lipinski definition) is 3. The minimum Gasteiger partial charge on any atom is -0.497 e. The molecule has 116 valence electrons. The number of carbonyl (C=O) groups is 1. The van der Waals surface area contributed by atoms with E-state index < -0.39 is 0 Å². The molecule has 0 radical (unpaired) electrons. The van der Waals surface area contributed by atoms with Gasteiger partial charge in [-0.1, -0.05) is 6.07 Å². The van der Waals surface area contributed by atoms with Crippen LogP contribution in [0.5, 0.6) is 11.5 Å². The standard InChI is InChI=1S/C18H21NO3/c1-13-10-14(2)12-15(11-13)19-18(20)8-9-22-17-6-4-16(21-3)5-7-17/h4-7,10-12H,8-9H2,1-3H3,(H,19,20). The summed E-state index contributed by atoms with van der Waals surface area (Å²) in [6, 6.07) is 13.3. The second-order valence-electron chi connectivity index (χ2n) is 5.20. The van der Waals surface area contributed by atoms with E-state index >= 15 is 0 Å². The minimum atomic E-state index is -0.0569. The monoisotopic (exact) mass is 299 g/mol. The predicted octanol–water partition coefficient (Wildman–Crippen LogP) is 3.72. The second-order valence-corrected chi connectivity index (χ2v) is 5.20. The van der Waals surface area contributed by atoms with E-state index in [0.717, 1.165) is 28.3 Å². The Bertz CT molecular complexity index is 615. The molecule has 4 heteroatoms. The van der Waals surface area contributed by atoms with Crippen molar-refractivity contribution in [3.05, 3.63) is 53.6 Å². The van der Waals surface area contributed by atoms with Gasteiger partial charge < -0.3 is 14.8 Å². The molecular formula is C18H21NO3. The Hall–Kier alpha value is -2.49. The lowest BCUT2D eigenvalue weighted by atomic mass is 10.1. The van der Waals surface area contributed by atoms with Crippen LogP contribution in [0.4, 0.5) is 5.69 Å². The minimum absolute atomic E-state index is 0.0569. The van der Waals surface area contributed by atoms with Gasteiger partial charge in [-0.15, -0.1) is 0 Å². The molecule has 1 N–H and O–H groups in total. The first-order valence-electron chi connectivity index (χ1n) is 7.22. The molecule has 2 aromatic rings. The quantitative estimate of drug-likeness (QED) is 0.884. The SMILES string of the molecule is COc1ccc(OCCC(=O)Nc2cc(C)cc(C)c2)cc1. The Kier molecular flexibility index (Phi) is 5.42. The molecule has 0 saturated heterocycles.